The van der Waals surface area contributed by atoms with Crippen LogP contribution < -0.4 is 0 Å². The second-order valence-electron chi connectivity index (χ2n) is 6.45. The number of aryl methyl sites for hydroxylation is 2. The third kappa shape index (κ3) is 3.05. The molecular weight excluding hydrogens is 352 g/mol. The van der Waals surface area contributed by atoms with Crippen molar-refractivity contribution in [3.63, 3.8) is 0 Å². The molecule has 0 fully saturated rings. The number of azo groups is 1. The van der Waals surface area contributed by atoms with Crippen LogP contribution >= 0.6 is 0 Å². The second-order valence-corrected chi connectivity index (χ2v) is 6.45. The minimum atomic E-state index is -0.503. The van der Waals surface area contributed by atoms with Gasteiger partial charge in [-0.25, -0.2) is 0 Å². The highest BCUT2D eigenvalue weighted by molar-refractivity contribution is 5.98. The highest BCUT2D eigenvalue weighted by Gasteiger charge is 2.15. The van der Waals surface area contributed by atoms with Crippen LogP contribution in [0.25, 0.3) is 22.2 Å². The van der Waals surface area contributed by atoms with Gasteiger partial charge in [0.2, 0.25) is 5.88 Å². The summed E-state index contributed by atoms with van der Waals surface area (Å²) in [4.78, 5) is 17.1. The van der Waals surface area contributed by atoms with Gasteiger partial charge in [0.1, 0.15) is 0 Å². The zero-order chi connectivity index (χ0) is 19.7. The van der Waals surface area contributed by atoms with E-state index >= 15 is 0 Å². The van der Waals surface area contributed by atoms with Gasteiger partial charge in [-0.2, -0.15) is 0 Å². The lowest BCUT2D eigenvalue weighted by molar-refractivity contribution is 0.0994. The second kappa shape index (κ2) is 7.08. The summed E-state index contributed by atoms with van der Waals surface area (Å²) in [5, 5.41) is 18.9. The van der Waals surface area contributed by atoms with Gasteiger partial charge in [-0.1, -0.05) is 48.5 Å². The molecule has 0 aliphatic heterocycles. The van der Waals surface area contributed by atoms with Crippen molar-refractivity contribution >= 4 is 22.5 Å². The molecule has 0 aliphatic carbocycles. The topological polar surface area (TPSA) is 79.8 Å². The van der Waals surface area contributed by atoms with Gasteiger partial charge in [-0.3, -0.25) is 9.78 Å². The summed E-state index contributed by atoms with van der Waals surface area (Å²) in [6, 6.07) is 20.7. The molecule has 0 aliphatic rings. The molecule has 2 aromatic heterocycles. The first-order valence-electron chi connectivity index (χ1n) is 8.82. The van der Waals surface area contributed by atoms with Crippen molar-refractivity contribution in [2.45, 2.75) is 6.92 Å². The maximum atomic E-state index is 12.6. The SMILES string of the molecule is Cc1nc(-c2ccccc2)ccc1C(=O)N=Nc1c(O)n(C)c2ccccc12. The van der Waals surface area contributed by atoms with Crippen LogP contribution in [0.4, 0.5) is 5.69 Å². The number of amides is 1. The Morgan fingerprint density at radius 3 is 2.46 bits per heavy atom. The molecule has 1 N–H and O–H groups in total. The number of nitrogens with zero attached hydrogens (tertiary/aromatic N) is 4. The Morgan fingerprint density at radius 1 is 1.00 bits per heavy atom. The molecule has 1 amide bonds. The predicted molar refractivity (Wildman–Crippen MR) is 108 cm³/mol. The van der Waals surface area contributed by atoms with E-state index in [-0.39, 0.29) is 11.6 Å². The summed E-state index contributed by atoms with van der Waals surface area (Å²) in [5.41, 5.74) is 3.81. The molecule has 0 atom stereocenters. The van der Waals surface area contributed by atoms with Gasteiger partial charge in [0.25, 0.3) is 5.91 Å². The van der Waals surface area contributed by atoms with Gasteiger partial charge >= 0.3 is 0 Å². The van der Waals surface area contributed by atoms with Crippen LogP contribution in [0, 0.1) is 6.92 Å². The van der Waals surface area contributed by atoms with Crippen LogP contribution in [-0.2, 0) is 7.05 Å². The minimum absolute atomic E-state index is 0.0352. The summed E-state index contributed by atoms with van der Waals surface area (Å²) >= 11 is 0. The van der Waals surface area contributed by atoms with Gasteiger partial charge in [0, 0.05) is 18.0 Å². The Morgan fingerprint density at radius 2 is 1.71 bits per heavy atom. The third-order valence-corrected chi connectivity index (χ3v) is 4.68. The van der Waals surface area contributed by atoms with Crippen LogP contribution in [0.5, 0.6) is 5.88 Å². The lowest BCUT2D eigenvalue weighted by Gasteiger charge is -2.05. The molecule has 0 saturated carbocycles. The van der Waals surface area contributed by atoms with E-state index in [9.17, 15) is 9.90 Å². The molecule has 138 valence electrons. The molecule has 6 heteroatoms. The number of rotatable bonds is 3. The number of pyridine rings is 1. The zero-order valence-electron chi connectivity index (χ0n) is 15.5. The first-order valence-corrected chi connectivity index (χ1v) is 8.82. The number of carbonyl (C=O) groups is 1. The van der Waals surface area contributed by atoms with Gasteiger partial charge in [-0.15, -0.1) is 10.2 Å². The largest absolute Gasteiger partial charge is 0.493 e. The fourth-order valence-corrected chi connectivity index (χ4v) is 3.16. The van der Waals surface area contributed by atoms with E-state index in [1.165, 1.54) is 0 Å². The maximum Gasteiger partial charge on any atom is 0.297 e. The van der Waals surface area contributed by atoms with E-state index in [0.29, 0.717) is 11.3 Å². The summed E-state index contributed by atoms with van der Waals surface area (Å²) in [5.74, 6) is -0.538. The van der Waals surface area contributed by atoms with Gasteiger partial charge in [0.05, 0.1) is 22.5 Å². The average molecular weight is 370 g/mol. The molecule has 28 heavy (non-hydrogen) atoms. The summed E-state index contributed by atoms with van der Waals surface area (Å²) in [6.07, 6.45) is 0. The molecule has 0 spiro atoms. The Balaban J connectivity index is 1.65. The van der Waals surface area contributed by atoms with Crippen molar-refractivity contribution < 1.29 is 9.90 Å². The Bertz CT molecular complexity index is 1210. The van der Waals surface area contributed by atoms with E-state index in [4.69, 9.17) is 0 Å². The van der Waals surface area contributed by atoms with Crippen molar-refractivity contribution in [1.82, 2.24) is 9.55 Å². The van der Waals surface area contributed by atoms with E-state index in [1.807, 2.05) is 54.6 Å². The Kier molecular flexibility index (Phi) is 4.45. The number of carbonyl (C=O) groups excluding carboxylic acids is 1. The van der Waals surface area contributed by atoms with E-state index in [0.717, 1.165) is 22.2 Å². The zero-order valence-corrected chi connectivity index (χ0v) is 15.5. The fraction of sp³-hybridized carbons (Fsp3) is 0.0909. The number of hydrogen-bond donors (Lipinski definition) is 1. The summed E-state index contributed by atoms with van der Waals surface area (Å²) in [6.45, 7) is 1.77. The van der Waals surface area contributed by atoms with Crippen molar-refractivity contribution in [2.75, 3.05) is 0 Å². The molecule has 2 aromatic carbocycles. The molecule has 0 unspecified atom stereocenters. The van der Waals surface area contributed by atoms with Crippen LogP contribution in [0.3, 0.4) is 0 Å². The highest BCUT2D eigenvalue weighted by Crippen LogP contribution is 2.37. The number of hydrogen-bond acceptors (Lipinski definition) is 4. The molecule has 0 radical (unpaired) electrons. The molecular formula is C22H18N4O2. The van der Waals surface area contributed by atoms with Crippen LogP contribution in [0.15, 0.2) is 77.0 Å². The maximum absolute atomic E-state index is 12.6. The number of fused-ring (bicyclic) bond motifs is 1. The van der Waals surface area contributed by atoms with Gasteiger partial charge in [-0.05, 0) is 25.1 Å². The molecule has 4 rings (SSSR count). The van der Waals surface area contributed by atoms with Crippen molar-refractivity contribution in [1.29, 1.82) is 0 Å². The van der Waals surface area contributed by atoms with Crippen LogP contribution in [0.2, 0.25) is 0 Å². The lowest BCUT2D eigenvalue weighted by atomic mass is 10.1. The average Bonchev–Trinajstić information content (AvgIpc) is 2.97. The smallest absolute Gasteiger partial charge is 0.297 e. The van der Waals surface area contributed by atoms with Gasteiger partial charge in [0.15, 0.2) is 5.69 Å². The molecule has 2 heterocycles. The van der Waals surface area contributed by atoms with Gasteiger partial charge < -0.3 is 9.67 Å². The number of para-hydroxylation sites is 1. The quantitative estimate of drug-likeness (QED) is 0.505. The van der Waals surface area contributed by atoms with Crippen molar-refractivity contribution in [3.05, 3.63) is 78.0 Å². The van der Waals surface area contributed by atoms with Crippen LogP contribution in [-0.4, -0.2) is 20.6 Å². The molecule has 4 aromatic rings. The normalized spacial score (nSPS) is 11.4. The monoisotopic (exact) mass is 370 g/mol. The van der Waals surface area contributed by atoms with E-state index in [2.05, 4.69) is 15.2 Å². The number of aromatic nitrogens is 2. The van der Waals surface area contributed by atoms with Crippen LogP contribution in [0.1, 0.15) is 16.1 Å². The summed E-state index contributed by atoms with van der Waals surface area (Å²) in [7, 11) is 1.73. The molecule has 0 bridgehead atoms. The molecule has 0 saturated heterocycles. The standard InChI is InChI=1S/C22H18N4O2/c1-14-16(12-13-18(23-14)15-8-4-3-5-9-15)21(27)25-24-20-17-10-6-7-11-19(17)26(2)22(20)28/h3-13,28H,1-2H3. The Labute approximate surface area is 161 Å². The van der Waals surface area contributed by atoms with Crippen molar-refractivity contribution in [3.8, 4) is 17.1 Å². The number of benzene rings is 2. The van der Waals surface area contributed by atoms with E-state index < -0.39 is 5.91 Å². The fourth-order valence-electron chi connectivity index (χ4n) is 3.16. The van der Waals surface area contributed by atoms with E-state index in [1.54, 1.807) is 30.7 Å². The Hall–Kier alpha value is -3.80. The third-order valence-electron chi connectivity index (χ3n) is 4.68. The highest BCUT2D eigenvalue weighted by atomic mass is 16.3. The molecule has 6 nitrogen and oxygen atoms in total. The minimum Gasteiger partial charge on any atom is -0.493 e. The predicted octanol–water partition coefficient (Wildman–Crippen LogP) is 5.18. The lowest BCUT2D eigenvalue weighted by Crippen LogP contribution is -2.00. The first kappa shape index (κ1) is 17.6. The van der Waals surface area contributed by atoms with Crippen molar-refractivity contribution in [2.24, 2.45) is 17.3 Å². The number of aromatic hydroxyl groups is 1. The summed E-state index contributed by atoms with van der Waals surface area (Å²) < 4.78 is 1.61. The first-order chi connectivity index (χ1) is 13.6.